The summed E-state index contributed by atoms with van der Waals surface area (Å²) in [5.74, 6) is 0. The van der Waals surface area contributed by atoms with Gasteiger partial charge in [-0.3, -0.25) is 0 Å². The number of hydrogen-bond acceptors (Lipinski definition) is 2. The van der Waals surface area contributed by atoms with Crippen LogP contribution in [0.1, 0.15) is 0 Å². The van der Waals surface area contributed by atoms with Crippen LogP contribution in [0.25, 0.3) is 5.69 Å². The molecule has 4 aromatic carbocycles. The maximum atomic E-state index is 13.0. The molecule has 5 aromatic rings. The first-order valence-electron chi connectivity index (χ1n) is 11.5. The van der Waals surface area contributed by atoms with Crippen LogP contribution in [0.15, 0.2) is 142 Å². The fraction of sp³-hybridized carbons (Fsp3) is 0.0345. The van der Waals surface area contributed by atoms with Crippen LogP contribution < -0.4 is 24.6 Å². The van der Waals surface area contributed by atoms with Gasteiger partial charge in [0, 0.05) is 0 Å². The third-order valence-corrected chi connectivity index (χ3v) is 15.6. The standard InChI is InChI=1S/C29H25GeN3O2/c34-28-31-32(29(35)33(28)27-20-11-4-12-21-27)23-13-22-30(24-14-5-1-6-15-24,25-16-7-2-8-17-25)26-18-9-3-10-19-26/h1-22H,23H2,(H,31,34)/b22-13+. The van der Waals surface area contributed by atoms with E-state index in [0.29, 0.717) is 5.69 Å². The quantitative estimate of drug-likeness (QED) is 0.336. The molecular weight excluding hydrogens is 495 g/mol. The van der Waals surface area contributed by atoms with E-state index >= 15 is 0 Å². The molecule has 0 atom stereocenters. The molecule has 0 spiro atoms. The van der Waals surface area contributed by atoms with Crippen molar-refractivity contribution in [2.45, 2.75) is 6.54 Å². The molecule has 1 heterocycles. The van der Waals surface area contributed by atoms with Gasteiger partial charge >= 0.3 is 206 Å². The summed E-state index contributed by atoms with van der Waals surface area (Å²) < 4.78 is 6.41. The molecule has 35 heavy (non-hydrogen) atoms. The van der Waals surface area contributed by atoms with Gasteiger partial charge in [0.1, 0.15) is 0 Å². The van der Waals surface area contributed by atoms with Crippen molar-refractivity contribution in [3.8, 4) is 5.69 Å². The minimum absolute atomic E-state index is 0.271. The summed E-state index contributed by atoms with van der Waals surface area (Å²) in [6.45, 7) is 0.271. The average molecular weight is 520 g/mol. The Morgan fingerprint density at radius 1 is 0.629 bits per heavy atom. The van der Waals surface area contributed by atoms with Crippen molar-refractivity contribution in [3.63, 3.8) is 0 Å². The van der Waals surface area contributed by atoms with Crippen molar-refractivity contribution < 1.29 is 0 Å². The van der Waals surface area contributed by atoms with E-state index < -0.39 is 19.0 Å². The Bertz CT molecular complexity index is 1440. The van der Waals surface area contributed by atoms with Crippen molar-refractivity contribution >= 4 is 26.5 Å². The molecule has 0 saturated carbocycles. The molecule has 0 radical (unpaired) electrons. The van der Waals surface area contributed by atoms with Crippen molar-refractivity contribution in [1.82, 2.24) is 14.3 Å². The van der Waals surface area contributed by atoms with Crippen LogP contribution in [-0.4, -0.2) is 27.6 Å². The number of rotatable bonds is 7. The Hall–Kier alpha value is -4.10. The molecule has 0 saturated heterocycles. The van der Waals surface area contributed by atoms with E-state index in [-0.39, 0.29) is 12.2 Å². The second kappa shape index (κ2) is 10.0. The number of nitrogens with zero attached hydrogens (tertiary/aromatic N) is 2. The van der Waals surface area contributed by atoms with Gasteiger partial charge in [0.25, 0.3) is 0 Å². The predicted octanol–water partition coefficient (Wildman–Crippen LogP) is 2.59. The van der Waals surface area contributed by atoms with E-state index in [0.717, 1.165) is 4.57 Å². The van der Waals surface area contributed by atoms with Gasteiger partial charge in [0.05, 0.1) is 0 Å². The molecule has 5 nitrogen and oxygen atoms in total. The number of H-pyrrole nitrogens is 1. The zero-order valence-electron chi connectivity index (χ0n) is 19.1. The first-order valence-corrected chi connectivity index (χ1v) is 15.9. The second-order valence-corrected chi connectivity index (χ2v) is 16.0. The van der Waals surface area contributed by atoms with Crippen LogP contribution in [0.2, 0.25) is 0 Å². The Labute approximate surface area is 206 Å². The molecule has 0 bridgehead atoms. The van der Waals surface area contributed by atoms with Gasteiger partial charge in [-0.05, 0) is 0 Å². The summed E-state index contributed by atoms with van der Waals surface area (Å²) in [6, 6.07) is 40.7. The molecule has 0 amide bonds. The number of benzene rings is 4. The second-order valence-electron chi connectivity index (χ2n) is 8.29. The Kier molecular flexibility index (Phi) is 6.50. The molecule has 0 aliphatic carbocycles. The third-order valence-electron chi connectivity index (χ3n) is 6.21. The normalized spacial score (nSPS) is 11.7. The molecule has 1 N–H and O–H groups in total. The average Bonchev–Trinajstić information content (AvgIpc) is 3.21. The number of allylic oxidation sites excluding steroid dienone is 1. The first-order chi connectivity index (χ1) is 17.2. The van der Waals surface area contributed by atoms with Gasteiger partial charge in [0.2, 0.25) is 0 Å². The van der Waals surface area contributed by atoms with Crippen LogP contribution >= 0.6 is 0 Å². The SMILES string of the molecule is O=c1[nH]n(C/C=[CH]/[Ge]([c]2ccccc2)([c]2ccccc2)[c]2ccccc2)c(=O)n1-c1ccccc1. The molecule has 0 unspecified atom stereocenters. The van der Waals surface area contributed by atoms with Crippen molar-refractivity contribution in [2.75, 3.05) is 0 Å². The number of aromatic nitrogens is 3. The fourth-order valence-corrected chi connectivity index (χ4v) is 13.4. The summed E-state index contributed by atoms with van der Waals surface area (Å²) in [7, 11) is 0. The summed E-state index contributed by atoms with van der Waals surface area (Å²) >= 11 is -3.26. The van der Waals surface area contributed by atoms with E-state index in [1.807, 2.05) is 30.3 Å². The van der Waals surface area contributed by atoms with Crippen LogP contribution in [-0.2, 0) is 6.54 Å². The minimum atomic E-state index is -3.26. The summed E-state index contributed by atoms with van der Waals surface area (Å²) in [4.78, 5) is 27.9. The molecule has 0 fully saturated rings. The molecule has 0 aliphatic rings. The van der Waals surface area contributed by atoms with E-state index in [9.17, 15) is 9.59 Å². The van der Waals surface area contributed by atoms with Crippen molar-refractivity contribution in [1.29, 1.82) is 0 Å². The molecule has 0 aliphatic heterocycles. The Morgan fingerprint density at radius 2 is 1.06 bits per heavy atom. The van der Waals surface area contributed by atoms with E-state index in [1.54, 1.807) is 24.3 Å². The van der Waals surface area contributed by atoms with Gasteiger partial charge in [-0.15, -0.1) is 0 Å². The van der Waals surface area contributed by atoms with E-state index in [1.165, 1.54) is 17.9 Å². The van der Waals surface area contributed by atoms with E-state index in [2.05, 4.69) is 82.8 Å². The number of nitrogens with one attached hydrogen (secondary N) is 1. The number of hydrogen-bond donors (Lipinski definition) is 1. The maximum absolute atomic E-state index is 13.0. The summed E-state index contributed by atoms with van der Waals surface area (Å²) in [5.41, 5.74) is -0.286. The summed E-state index contributed by atoms with van der Waals surface area (Å²) in [5, 5.41) is 2.70. The molecule has 5 rings (SSSR count). The van der Waals surface area contributed by atoms with Gasteiger partial charge < -0.3 is 0 Å². The predicted molar refractivity (Wildman–Crippen MR) is 144 cm³/mol. The van der Waals surface area contributed by atoms with Crippen LogP contribution in [0, 0.1) is 0 Å². The van der Waals surface area contributed by atoms with Gasteiger partial charge in [0.15, 0.2) is 0 Å². The Morgan fingerprint density at radius 3 is 1.51 bits per heavy atom. The molecule has 1 aromatic heterocycles. The van der Waals surface area contributed by atoms with Crippen LogP contribution in [0.3, 0.4) is 0 Å². The number of para-hydroxylation sites is 1. The van der Waals surface area contributed by atoms with Crippen LogP contribution in [0.4, 0.5) is 0 Å². The zero-order chi connectivity index (χ0) is 24.1. The topological polar surface area (TPSA) is 59.8 Å². The monoisotopic (exact) mass is 521 g/mol. The van der Waals surface area contributed by atoms with Gasteiger partial charge in [-0.2, -0.15) is 0 Å². The molecule has 172 valence electrons. The molecular formula is C29H25GeN3O2. The van der Waals surface area contributed by atoms with E-state index in [4.69, 9.17) is 0 Å². The van der Waals surface area contributed by atoms with Gasteiger partial charge in [-0.1, -0.05) is 0 Å². The fourth-order valence-electron chi connectivity index (χ4n) is 4.58. The van der Waals surface area contributed by atoms with Crippen molar-refractivity contribution in [3.05, 3.63) is 153 Å². The number of aromatic amines is 1. The molecule has 6 heteroatoms. The van der Waals surface area contributed by atoms with Crippen molar-refractivity contribution in [2.24, 2.45) is 0 Å². The van der Waals surface area contributed by atoms with Gasteiger partial charge in [-0.25, -0.2) is 0 Å². The Balaban J connectivity index is 1.61. The third kappa shape index (κ3) is 4.38. The summed E-state index contributed by atoms with van der Waals surface area (Å²) in [6.07, 6.45) is 2.03. The zero-order valence-corrected chi connectivity index (χ0v) is 21.2. The van der Waals surface area contributed by atoms with Crippen LogP contribution in [0.5, 0.6) is 0 Å². The first kappa shape index (κ1) is 22.7.